The summed E-state index contributed by atoms with van der Waals surface area (Å²) in [5.74, 6) is 3.63. The molecule has 1 N–H and O–H groups in total. The van der Waals surface area contributed by atoms with Crippen molar-refractivity contribution in [3.63, 3.8) is 0 Å². The second-order valence-electron chi connectivity index (χ2n) is 8.24. The minimum absolute atomic E-state index is 0.651. The zero-order valence-electron chi connectivity index (χ0n) is 17.4. The molecule has 1 saturated heterocycles. The van der Waals surface area contributed by atoms with Crippen molar-refractivity contribution in [2.75, 3.05) is 19.6 Å². The SMILES string of the molecule is CCNC(=NCc1ccc(-n2nc(C)cc2C)nc1)N1CC2CCCCC2C1. The Labute approximate surface area is 168 Å². The van der Waals surface area contributed by atoms with E-state index in [4.69, 9.17) is 4.99 Å². The second-order valence-corrected chi connectivity index (χ2v) is 8.24. The number of aliphatic imine (C=N–C) groups is 1. The third-order valence-corrected chi connectivity index (χ3v) is 6.06. The molecule has 0 amide bonds. The number of guanidine groups is 1. The first kappa shape index (κ1) is 19.0. The number of fused-ring (bicyclic) bond motifs is 1. The number of nitrogens with one attached hydrogen (secondary N) is 1. The van der Waals surface area contributed by atoms with E-state index in [2.05, 4.69) is 46.3 Å². The zero-order chi connectivity index (χ0) is 19.5. The maximum Gasteiger partial charge on any atom is 0.194 e. The minimum Gasteiger partial charge on any atom is -0.357 e. The molecule has 1 saturated carbocycles. The molecule has 0 aromatic carbocycles. The van der Waals surface area contributed by atoms with E-state index in [1.54, 1.807) is 0 Å². The standard InChI is InChI=1S/C22H32N6/c1-4-23-22(27-14-19-7-5-6-8-20(19)15-27)25-13-18-9-10-21(24-12-18)28-17(3)11-16(2)26-28/h9-12,19-20H,4-8,13-15H2,1-3H3,(H,23,25). The Bertz CT molecular complexity index is 808. The van der Waals surface area contributed by atoms with Gasteiger partial charge in [-0.05, 0) is 63.1 Å². The third kappa shape index (κ3) is 4.05. The molecule has 2 aromatic heterocycles. The van der Waals surface area contributed by atoms with Gasteiger partial charge in [0.15, 0.2) is 11.8 Å². The molecule has 2 aromatic rings. The molecule has 4 rings (SSSR count). The normalized spacial score (nSPS) is 22.4. The first-order chi connectivity index (χ1) is 13.6. The van der Waals surface area contributed by atoms with E-state index in [0.29, 0.717) is 6.54 Å². The highest BCUT2D eigenvalue weighted by Crippen LogP contribution is 2.36. The molecule has 28 heavy (non-hydrogen) atoms. The highest BCUT2D eigenvalue weighted by Gasteiger charge is 2.35. The second kappa shape index (κ2) is 8.33. The van der Waals surface area contributed by atoms with Crippen molar-refractivity contribution in [1.82, 2.24) is 25.0 Å². The van der Waals surface area contributed by atoms with E-state index < -0.39 is 0 Å². The van der Waals surface area contributed by atoms with E-state index in [1.165, 1.54) is 25.7 Å². The number of aryl methyl sites for hydroxylation is 2. The van der Waals surface area contributed by atoms with Gasteiger partial charge in [-0.2, -0.15) is 5.10 Å². The Morgan fingerprint density at radius 2 is 1.93 bits per heavy atom. The highest BCUT2D eigenvalue weighted by molar-refractivity contribution is 5.80. The molecule has 2 fully saturated rings. The summed E-state index contributed by atoms with van der Waals surface area (Å²) in [6, 6.07) is 6.20. The summed E-state index contributed by atoms with van der Waals surface area (Å²) in [4.78, 5) is 12.0. The number of hydrogen-bond donors (Lipinski definition) is 1. The molecule has 2 unspecified atom stereocenters. The van der Waals surface area contributed by atoms with Crippen LogP contribution in [0.15, 0.2) is 29.4 Å². The maximum atomic E-state index is 4.92. The molecule has 1 aliphatic carbocycles. The smallest absolute Gasteiger partial charge is 0.194 e. The van der Waals surface area contributed by atoms with Crippen LogP contribution in [0.3, 0.4) is 0 Å². The van der Waals surface area contributed by atoms with E-state index >= 15 is 0 Å². The molecule has 6 heteroatoms. The number of aromatic nitrogens is 3. The van der Waals surface area contributed by atoms with Crippen molar-refractivity contribution in [2.24, 2.45) is 16.8 Å². The minimum atomic E-state index is 0.651. The van der Waals surface area contributed by atoms with Crippen LogP contribution < -0.4 is 5.32 Å². The molecule has 2 atom stereocenters. The predicted octanol–water partition coefficient (Wildman–Crippen LogP) is 3.47. The monoisotopic (exact) mass is 380 g/mol. The van der Waals surface area contributed by atoms with E-state index in [0.717, 1.165) is 60.2 Å². The van der Waals surface area contributed by atoms with Crippen molar-refractivity contribution in [3.05, 3.63) is 41.3 Å². The van der Waals surface area contributed by atoms with Gasteiger partial charge >= 0.3 is 0 Å². The summed E-state index contributed by atoms with van der Waals surface area (Å²) in [5, 5.41) is 8.00. The number of rotatable bonds is 4. The molecule has 6 nitrogen and oxygen atoms in total. The first-order valence-electron chi connectivity index (χ1n) is 10.7. The van der Waals surface area contributed by atoms with Crippen LogP contribution in [-0.2, 0) is 6.54 Å². The lowest BCUT2D eigenvalue weighted by molar-refractivity contribution is 0.299. The van der Waals surface area contributed by atoms with Crippen LogP contribution in [0, 0.1) is 25.7 Å². The van der Waals surface area contributed by atoms with E-state index in [9.17, 15) is 0 Å². The highest BCUT2D eigenvalue weighted by atomic mass is 15.3. The summed E-state index contributed by atoms with van der Waals surface area (Å²) < 4.78 is 1.89. The Kier molecular flexibility index (Phi) is 5.64. The fourth-order valence-corrected chi connectivity index (χ4v) is 4.67. The van der Waals surface area contributed by atoms with Gasteiger partial charge in [-0.15, -0.1) is 0 Å². The number of hydrogen-bond acceptors (Lipinski definition) is 3. The van der Waals surface area contributed by atoms with Gasteiger partial charge in [0.2, 0.25) is 0 Å². The van der Waals surface area contributed by atoms with Crippen molar-refractivity contribution in [1.29, 1.82) is 0 Å². The van der Waals surface area contributed by atoms with Crippen molar-refractivity contribution in [2.45, 2.75) is 53.0 Å². The van der Waals surface area contributed by atoms with Crippen LogP contribution in [-0.4, -0.2) is 45.3 Å². The van der Waals surface area contributed by atoms with Gasteiger partial charge in [-0.25, -0.2) is 14.7 Å². The first-order valence-corrected chi connectivity index (χ1v) is 10.7. The van der Waals surface area contributed by atoms with Gasteiger partial charge in [0, 0.05) is 31.5 Å². The lowest BCUT2D eigenvalue weighted by Crippen LogP contribution is -2.40. The summed E-state index contributed by atoms with van der Waals surface area (Å²) in [5.41, 5.74) is 3.23. The van der Waals surface area contributed by atoms with Gasteiger partial charge in [0.1, 0.15) is 0 Å². The largest absolute Gasteiger partial charge is 0.357 e. The van der Waals surface area contributed by atoms with E-state index in [-0.39, 0.29) is 0 Å². The van der Waals surface area contributed by atoms with Crippen molar-refractivity contribution < 1.29 is 0 Å². The fourth-order valence-electron chi connectivity index (χ4n) is 4.67. The summed E-state index contributed by atoms with van der Waals surface area (Å²) >= 11 is 0. The van der Waals surface area contributed by atoms with Crippen LogP contribution in [0.1, 0.15) is 49.6 Å². The molecule has 0 radical (unpaired) electrons. The van der Waals surface area contributed by atoms with Gasteiger partial charge in [-0.1, -0.05) is 18.9 Å². The van der Waals surface area contributed by atoms with Crippen molar-refractivity contribution >= 4 is 5.96 Å². The van der Waals surface area contributed by atoms with Gasteiger partial charge in [0.25, 0.3) is 0 Å². The van der Waals surface area contributed by atoms with Crippen molar-refractivity contribution in [3.8, 4) is 5.82 Å². The number of pyridine rings is 1. The van der Waals surface area contributed by atoms with E-state index in [1.807, 2.05) is 23.9 Å². The fraction of sp³-hybridized carbons (Fsp3) is 0.591. The lowest BCUT2D eigenvalue weighted by atomic mass is 9.82. The predicted molar refractivity (Wildman–Crippen MR) is 113 cm³/mol. The molecular formula is C22H32N6. The summed E-state index contributed by atoms with van der Waals surface area (Å²) in [6.07, 6.45) is 7.49. The molecular weight excluding hydrogens is 348 g/mol. The molecule has 150 valence electrons. The Balaban J connectivity index is 1.44. The van der Waals surface area contributed by atoms with Gasteiger partial charge in [0.05, 0.1) is 12.2 Å². The zero-order valence-corrected chi connectivity index (χ0v) is 17.4. The van der Waals surface area contributed by atoms with Crippen LogP contribution in [0.5, 0.6) is 0 Å². The Hall–Kier alpha value is -2.37. The van der Waals surface area contributed by atoms with Gasteiger partial charge < -0.3 is 10.2 Å². The number of likely N-dealkylation sites (tertiary alicyclic amines) is 1. The molecule has 0 spiro atoms. The summed E-state index contributed by atoms with van der Waals surface area (Å²) in [6.45, 7) is 10.1. The molecule has 1 aliphatic heterocycles. The molecule has 0 bridgehead atoms. The molecule has 2 aliphatic rings. The van der Waals surface area contributed by atoms with Crippen LogP contribution in [0.2, 0.25) is 0 Å². The van der Waals surface area contributed by atoms with Crippen LogP contribution in [0.25, 0.3) is 5.82 Å². The van der Waals surface area contributed by atoms with Crippen LogP contribution >= 0.6 is 0 Å². The summed E-state index contributed by atoms with van der Waals surface area (Å²) in [7, 11) is 0. The average molecular weight is 381 g/mol. The molecule has 3 heterocycles. The lowest BCUT2D eigenvalue weighted by Gasteiger charge is -2.22. The Morgan fingerprint density at radius 3 is 2.50 bits per heavy atom. The Morgan fingerprint density at radius 1 is 1.18 bits per heavy atom. The third-order valence-electron chi connectivity index (χ3n) is 6.06. The average Bonchev–Trinajstić information content (AvgIpc) is 3.28. The topological polar surface area (TPSA) is 58.3 Å². The van der Waals surface area contributed by atoms with Crippen LogP contribution in [0.4, 0.5) is 0 Å². The number of nitrogens with zero attached hydrogens (tertiary/aromatic N) is 5. The quantitative estimate of drug-likeness (QED) is 0.652. The maximum absolute atomic E-state index is 4.92. The van der Waals surface area contributed by atoms with Gasteiger partial charge in [-0.3, -0.25) is 0 Å².